The predicted octanol–water partition coefficient (Wildman–Crippen LogP) is 1.79. The fourth-order valence-corrected chi connectivity index (χ4v) is 2.41. The summed E-state index contributed by atoms with van der Waals surface area (Å²) in [5, 5.41) is 3.70. The lowest BCUT2D eigenvalue weighted by molar-refractivity contribution is 0.00693. The largest absolute Gasteiger partial charge is 0.310 e. The Kier molecular flexibility index (Phi) is 4.99. The molecule has 0 aromatic heterocycles. The summed E-state index contributed by atoms with van der Waals surface area (Å²) in [7, 11) is 2.21. The third-order valence-electron chi connectivity index (χ3n) is 4.64. The molecule has 102 valence electrons. The normalized spacial score (nSPS) is 20.8. The molecule has 0 amide bonds. The Morgan fingerprint density at radius 1 is 1.00 bits per heavy atom. The molecule has 1 rings (SSSR count). The van der Waals surface area contributed by atoms with Gasteiger partial charge in [-0.2, -0.15) is 0 Å². The van der Waals surface area contributed by atoms with E-state index < -0.39 is 0 Å². The summed E-state index contributed by atoms with van der Waals surface area (Å²) in [6.07, 6.45) is 1.20. The van der Waals surface area contributed by atoms with Crippen molar-refractivity contribution in [1.29, 1.82) is 0 Å². The van der Waals surface area contributed by atoms with Gasteiger partial charge in [-0.1, -0.05) is 6.92 Å². The molecule has 0 saturated carbocycles. The van der Waals surface area contributed by atoms with Crippen LogP contribution in [0.25, 0.3) is 0 Å². The second-order valence-corrected chi connectivity index (χ2v) is 6.40. The average molecular weight is 241 g/mol. The molecule has 1 aliphatic rings. The van der Waals surface area contributed by atoms with Crippen LogP contribution in [0.15, 0.2) is 0 Å². The minimum atomic E-state index is 0.152. The molecule has 1 fully saturated rings. The maximum Gasteiger partial charge on any atom is 0.0330 e. The molecule has 1 N–H and O–H groups in total. The first-order chi connectivity index (χ1) is 7.81. The molecule has 1 saturated heterocycles. The molecule has 0 aliphatic carbocycles. The van der Waals surface area contributed by atoms with Crippen LogP contribution in [0.2, 0.25) is 0 Å². The molecule has 0 bridgehead atoms. The van der Waals surface area contributed by atoms with Crippen molar-refractivity contribution in [2.75, 3.05) is 39.8 Å². The van der Waals surface area contributed by atoms with Crippen molar-refractivity contribution in [1.82, 2.24) is 15.1 Å². The average Bonchev–Trinajstić information content (AvgIpc) is 2.27. The Balaban J connectivity index is 2.65. The second kappa shape index (κ2) is 5.68. The standard InChI is InChI=1S/C14H31N3/c1-7-8-15-13(2,3)14(4,5)17-11-9-16(6)10-12-17/h15H,7-12H2,1-6H3. The van der Waals surface area contributed by atoms with Gasteiger partial charge in [-0.15, -0.1) is 0 Å². The SMILES string of the molecule is CCCNC(C)(C)C(C)(C)N1CCN(C)CC1. The van der Waals surface area contributed by atoms with Crippen LogP contribution in [0.5, 0.6) is 0 Å². The molecule has 17 heavy (non-hydrogen) atoms. The molecule has 0 atom stereocenters. The van der Waals surface area contributed by atoms with E-state index in [-0.39, 0.29) is 11.1 Å². The second-order valence-electron chi connectivity index (χ2n) is 6.40. The third kappa shape index (κ3) is 3.43. The van der Waals surface area contributed by atoms with Crippen LogP contribution in [-0.2, 0) is 0 Å². The van der Waals surface area contributed by atoms with Crippen LogP contribution in [-0.4, -0.2) is 60.6 Å². The van der Waals surface area contributed by atoms with Gasteiger partial charge in [-0.25, -0.2) is 0 Å². The summed E-state index contributed by atoms with van der Waals surface area (Å²) >= 11 is 0. The van der Waals surface area contributed by atoms with Crippen LogP contribution in [0.1, 0.15) is 41.0 Å². The van der Waals surface area contributed by atoms with Crippen molar-refractivity contribution in [3.8, 4) is 0 Å². The van der Waals surface area contributed by atoms with Gasteiger partial charge in [0.25, 0.3) is 0 Å². The maximum atomic E-state index is 3.70. The molecule has 0 radical (unpaired) electrons. The summed E-state index contributed by atoms with van der Waals surface area (Å²) in [5.41, 5.74) is 0.350. The van der Waals surface area contributed by atoms with E-state index in [0.29, 0.717) is 0 Å². The van der Waals surface area contributed by atoms with Crippen molar-refractivity contribution < 1.29 is 0 Å². The van der Waals surface area contributed by atoms with Gasteiger partial charge in [0.05, 0.1) is 0 Å². The molecular formula is C14H31N3. The van der Waals surface area contributed by atoms with Crippen molar-refractivity contribution in [3.63, 3.8) is 0 Å². The van der Waals surface area contributed by atoms with Gasteiger partial charge in [-0.3, -0.25) is 4.90 Å². The van der Waals surface area contributed by atoms with E-state index >= 15 is 0 Å². The zero-order chi connectivity index (χ0) is 13.1. The quantitative estimate of drug-likeness (QED) is 0.792. The Bertz CT molecular complexity index is 228. The maximum absolute atomic E-state index is 3.70. The fourth-order valence-electron chi connectivity index (χ4n) is 2.41. The topological polar surface area (TPSA) is 18.5 Å². The summed E-state index contributed by atoms with van der Waals surface area (Å²) in [6.45, 7) is 17.5. The molecule has 3 nitrogen and oxygen atoms in total. The van der Waals surface area contributed by atoms with Crippen LogP contribution >= 0.6 is 0 Å². The number of rotatable bonds is 5. The number of hydrogen-bond acceptors (Lipinski definition) is 3. The lowest BCUT2D eigenvalue weighted by atomic mass is 9.80. The Labute approximate surface area is 108 Å². The lowest BCUT2D eigenvalue weighted by Gasteiger charge is -2.52. The van der Waals surface area contributed by atoms with E-state index in [1.54, 1.807) is 0 Å². The first-order valence-electron chi connectivity index (χ1n) is 7.00. The summed E-state index contributed by atoms with van der Waals surface area (Å²) in [6, 6.07) is 0. The molecular weight excluding hydrogens is 210 g/mol. The van der Waals surface area contributed by atoms with Gasteiger partial charge in [0, 0.05) is 37.3 Å². The van der Waals surface area contributed by atoms with Crippen molar-refractivity contribution in [2.24, 2.45) is 0 Å². The van der Waals surface area contributed by atoms with E-state index in [2.05, 4.69) is 56.8 Å². The molecule has 0 aromatic rings. The molecule has 1 aliphatic heterocycles. The Morgan fingerprint density at radius 3 is 2.00 bits per heavy atom. The summed E-state index contributed by atoms with van der Waals surface area (Å²) in [5.74, 6) is 0. The van der Waals surface area contributed by atoms with E-state index in [9.17, 15) is 0 Å². The zero-order valence-electron chi connectivity index (χ0n) is 12.6. The van der Waals surface area contributed by atoms with Gasteiger partial charge in [-0.05, 0) is 47.7 Å². The van der Waals surface area contributed by atoms with Gasteiger partial charge in [0.15, 0.2) is 0 Å². The first-order valence-corrected chi connectivity index (χ1v) is 7.00. The monoisotopic (exact) mass is 241 g/mol. The number of likely N-dealkylation sites (N-methyl/N-ethyl adjacent to an activating group) is 1. The van der Waals surface area contributed by atoms with Crippen LogP contribution in [0.3, 0.4) is 0 Å². The van der Waals surface area contributed by atoms with Gasteiger partial charge in [0.2, 0.25) is 0 Å². The highest BCUT2D eigenvalue weighted by atomic mass is 15.3. The van der Waals surface area contributed by atoms with Crippen molar-refractivity contribution in [2.45, 2.75) is 52.1 Å². The van der Waals surface area contributed by atoms with Crippen molar-refractivity contribution in [3.05, 3.63) is 0 Å². The third-order valence-corrected chi connectivity index (χ3v) is 4.64. The number of piperazine rings is 1. The van der Waals surface area contributed by atoms with Gasteiger partial charge >= 0.3 is 0 Å². The number of hydrogen-bond donors (Lipinski definition) is 1. The number of nitrogens with one attached hydrogen (secondary N) is 1. The van der Waals surface area contributed by atoms with E-state index in [0.717, 1.165) is 6.54 Å². The summed E-state index contributed by atoms with van der Waals surface area (Å²) in [4.78, 5) is 5.05. The fraction of sp³-hybridized carbons (Fsp3) is 1.00. The highest BCUT2D eigenvalue weighted by Crippen LogP contribution is 2.28. The van der Waals surface area contributed by atoms with E-state index in [1.165, 1.54) is 32.6 Å². The van der Waals surface area contributed by atoms with Crippen LogP contribution in [0, 0.1) is 0 Å². The van der Waals surface area contributed by atoms with E-state index in [4.69, 9.17) is 0 Å². The molecule has 0 unspecified atom stereocenters. The molecule has 3 heteroatoms. The zero-order valence-corrected chi connectivity index (χ0v) is 12.6. The smallest absolute Gasteiger partial charge is 0.0330 e. The first kappa shape index (κ1) is 14.9. The minimum absolute atomic E-state index is 0.152. The highest BCUT2D eigenvalue weighted by Gasteiger charge is 2.41. The molecule has 0 aromatic carbocycles. The van der Waals surface area contributed by atoms with Gasteiger partial charge < -0.3 is 10.2 Å². The molecule has 0 spiro atoms. The molecule has 1 heterocycles. The Hall–Kier alpha value is -0.120. The van der Waals surface area contributed by atoms with Crippen LogP contribution < -0.4 is 5.32 Å². The number of nitrogens with zero attached hydrogens (tertiary/aromatic N) is 2. The Morgan fingerprint density at radius 2 is 1.53 bits per heavy atom. The van der Waals surface area contributed by atoms with Crippen LogP contribution in [0.4, 0.5) is 0 Å². The summed E-state index contributed by atoms with van der Waals surface area (Å²) < 4.78 is 0. The van der Waals surface area contributed by atoms with E-state index in [1.807, 2.05) is 0 Å². The van der Waals surface area contributed by atoms with Gasteiger partial charge in [0.1, 0.15) is 0 Å². The predicted molar refractivity (Wildman–Crippen MR) is 75.5 cm³/mol. The highest BCUT2D eigenvalue weighted by molar-refractivity contribution is 5.02. The van der Waals surface area contributed by atoms with Crippen molar-refractivity contribution >= 4 is 0 Å². The minimum Gasteiger partial charge on any atom is -0.310 e. The lowest BCUT2D eigenvalue weighted by Crippen LogP contribution is -2.67.